The molecule has 5 heteroatoms. The maximum Gasteiger partial charge on any atom is 0.407 e. The number of amides is 1. The molecular weight excluding hydrogens is 290 g/mol. The Hall–Kier alpha value is -2.30. The molecule has 0 atom stereocenters. The molecule has 0 saturated carbocycles. The van der Waals surface area contributed by atoms with Crippen LogP contribution in [0.5, 0.6) is 0 Å². The van der Waals surface area contributed by atoms with E-state index in [0.717, 1.165) is 37.7 Å². The number of piperidine rings is 1. The highest BCUT2D eigenvalue weighted by Crippen LogP contribution is 2.41. The van der Waals surface area contributed by atoms with E-state index in [4.69, 9.17) is 5.11 Å². The smallest absolute Gasteiger partial charge is 0.407 e. The van der Waals surface area contributed by atoms with Gasteiger partial charge in [0.05, 0.1) is 0 Å². The van der Waals surface area contributed by atoms with Gasteiger partial charge in [0.2, 0.25) is 0 Å². The van der Waals surface area contributed by atoms with Gasteiger partial charge in [-0.3, -0.25) is 4.98 Å². The molecule has 2 aliphatic heterocycles. The molecule has 2 saturated heterocycles. The molecule has 4 rings (SSSR count). The second-order valence-electron chi connectivity index (χ2n) is 6.85. The van der Waals surface area contributed by atoms with Crippen molar-refractivity contribution in [3.05, 3.63) is 36.7 Å². The fraction of sp³-hybridized carbons (Fsp3) is 0.444. The molecule has 1 aromatic carbocycles. The van der Waals surface area contributed by atoms with Crippen molar-refractivity contribution < 1.29 is 9.90 Å². The summed E-state index contributed by atoms with van der Waals surface area (Å²) in [4.78, 5) is 19.3. The number of pyridine rings is 1. The summed E-state index contributed by atoms with van der Waals surface area (Å²) in [5.74, 6) is 0. The van der Waals surface area contributed by atoms with E-state index in [1.165, 1.54) is 11.1 Å². The van der Waals surface area contributed by atoms with Gasteiger partial charge in [0.1, 0.15) is 0 Å². The number of hydrogen-bond donors (Lipinski definition) is 1. The second kappa shape index (κ2) is 5.41. The highest BCUT2D eigenvalue weighted by Gasteiger charge is 2.42. The number of anilines is 1. The first-order chi connectivity index (χ1) is 11.2. The fourth-order valence-corrected chi connectivity index (χ4v) is 4.01. The van der Waals surface area contributed by atoms with Gasteiger partial charge < -0.3 is 14.9 Å². The van der Waals surface area contributed by atoms with Gasteiger partial charge in [-0.2, -0.15) is 0 Å². The maximum absolute atomic E-state index is 11.1. The summed E-state index contributed by atoms with van der Waals surface area (Å²) >= 11 is 0. The zero-order chi connectivity index (χ0) is 15.9. The number of nitrogens with zero attached hydrogens (tertiary/aromatic N) is 3. The van der Waals surface area contributed by atoms with Crippen LogP contribution in [-0.4, -0.2) is 47.3 Å². The largest absolute Gasteiger partial charge is 0.465 e. The third kappa shape index (κ3) is 2.60. The Morgan fingerprint density at radius 3 is 2.61 bits per heavy atom. The van der Waals surface area contributed by atoms with Gasteiger partial charge in [0.15, 0.2) is 0 Å². The van der Waals surface area contributed by atoms with Crippen molar-refractivity contribution in [1.82, 2.24) is 9.88 Å². The quantitative estimate of drug-likeness (QED) is 0.878. The minimum atomic E-state index is -0.771. The normalized spacial score (nSPS) is 20.3. The summed E-state index contributed by atoms with van der Waals surface area (Å²) in [6, 6.07) is 8.57. The number of hydrogen-bond acceptors (Lipinski definition) is 3. The molecule has 2 aliphatic rings. The van der Waals surface area contributed by atoms with E-state index < -0.39 is 6.09 Å². The molecule has 2 fully saturated rings. The summed E-state index contributed by atoms with van der Waals surface area (Å²) in [7, 11) is 0. The second-order valence-corrected chi connectivity index (χ2v) is 6.85. The number of likely N-dealkylation sites (tertiary alicyclic amines) is 1. The van der Waals surface area contributed by atoms with Gasteiger partial charge >= 0.3 is 6.09 Å². The van der Waals surface area contributed by atoms with Gasteiger partial charge in [-0.05, 0) is 48.3 Å². The average Bonchev–Trinajstić information content (AvgIpc) is 2.99. The molecular formula is C18H21N3O2. The van der Waals surface area contributed by atoms with Crippen LogP contribution in [0.3, 0.4) is 0 Å². The zero-order valence-electron chi connectivity index (χ0n) is 13.1. The van der Waals surface area contributed by atoms with Crippen molar-refractivity contribution in [2.75, 3.05) is 31.1 Å². The van der Waals surface area contributed by atoms with E-state index >= 15 is 0 Å². The number of fused-ring (bicyclic) bond motifs is 1. The third-order valence-electron chi connectivity index (χ3n) is 5.52. The lowest BCUT2D eigenvalue weighted by Gasteiger charge is -2.40. The number of benzene rings is 1. The SMILES string of the molecule is O=C(O)N1CCC2(CCN(c3ccc4cnccc4c3)CC2)C1. The summed E-state index contributed by atoms with van der Waals surface area (Å²) in [5, 5.41) is 11.6. The lowest BCUT2D eigenvalue weighted by atomic mass is 9.77. The van der Waals surface area contributed by atoms with E-state index in [0.29, 0.717) is 13.1 Å². The van der Waals surface area contributed by atoms with Crippen molar-refractivity contribution in [2.45, 2.75) is 19.3 Å². The Labute approximate surface area is 135 Å². The van der Waals surface area contributed by atoms with Gasteiger partial charge in [-0.1, -0.05) is 6.07 Å². The highest BCUT2D eigenvalue weighted by atomic mass is 16.4. The van der Waals surface area contributed by atoms with E-state index in [9.17, 15) is 4.79 Å². The molecule has 0 aliphatic carbocycles. The molecule has 3 heterocycles. The van der Waals surface area contributed by atoms with Crippen LogP contribution in [0.1, 0.15) is 19.3 Å². The Bertz CT molecular complexity index is 738. The van der Waals surface area contributed by atoms with Crippen LogP contribution < -0.4 is 4.90 Å². The van der Waals surface area contributed by atoms with Crippen LogP contribution >= 0.6 is 0 Å². The molecule has 0 bridgehead atoms. The predicted octanol–water partition coefficient (Wildman–Crippen LogP) is 3.21. The third-order valence-corrected chi connectivity index (χ3v) is 5.52. The van der Waals surface area contributed by atoms with Crippen LogP contribution in [-0.2, 0) is 0 Å². The Kier molecular flexibility index (Phi) is 3.36. The van der Waals surface area contributed by atoms with Crippen LogP contribution in [0.4, 0.5) is 10.5 Å². The van der Waals surface area contributed by atoms with Gasteiger partial charge in [0.25, 0.3) is 0 Å². The van der Waals surface area contributed by atoms with Crippen molar-refractivity contribution in [2.24, 2.45) is 5.41 Å². The first kappa shape index (κ1) is 14.3. The van der Waals surface area contributed by atoms with E-state index in [-0.39, 0.29) is 5.41 Å². The molecule has 1 N–H and O–H groups in total. The highest BCUT2D eigenvalue weighted by molar-refractivity contribution is 5.85. The topological polar surface area (TPSA) is 56.7 Å². The first-order valence-corrected chi connectivity index (χ1v) is 8.22. The summed E-state index contributed by atoms with van der Waals surface area (Å²) in [5.41, 5.74) is 1.46. The Morgan fingerprint density at radius 1 is 1.09 bits per heavy atom. The van der Waals surface area contributed by atoms with Crippen LogP contribution in [0.2, 0.25) is 0 Å². The van der Waals surface area contributed by atoms with Crippen molar-refractivity contribution in [1.29, 1.82) is 0 Å². The van der Waals surface area contributed by atoms with Crippen LogP contribution in [0.15, 0.2) is 36.7 Å². The minimum absolute atomic E-state index is 0.204. The molecule has 23 heavy (non-hydrogen) atoms. The predicted molar refractivity (Wildman–Crippen MR) is 89.8 cm³/mol. The first-order valence-electron chi connectivity index (χ1n) is 8.22. The Balaban J connectivity index is 1.47. The van der Waals surface area contributed by atoms with Crippen molar-refractivity contribution >= 4 is 22.6 Å². The van der Waals surface area contributed by atoms with E-state index in [1.807, 2.05) is 18.5 Å². The zero-order valence-corrected chi connectivity index (χ0v) is 13.1. The lowest BCUT2D eigenvalue weighted by molar-refractivity contribution is 0.144. The molecule has 0 unspecified atom stereocenters. The molecule has 1 aromatic heterocycles. The monoisotopic (exact) mass is 311 g/mol. The summed E-state index contributed by atoms with van der Waals surface area (Å²) in [6.07, 6.45) is 6.11. The maximum atomic E-state index is 11.1. The van der Waals surface area contributed by atoms with Gasteiger partial charge in [0, 0.05) is 49.6 Å². The molecule has 2 aromatic rings. The van der Waals surface area contributed by atoms with Gasteiger partial charge in [-0.25, -0.2) is 4.79 Å². The van der Waals surface area contributed by atoms with Crippen molar-refractivity contribution in [3.8, 4) is 0 Å². The molecule has 120 valence electrons. The number of carboxylic acid groups (broad SMARTS) is 1. The molecule has 1 amide bonds. The van der Waals surface area contributed by atoms with Gasteiger partial charge in [-0.15, -0.1) is 0 Å². The summed E-state index contributed by atoms with van der Waals surface area (Å²) < 4.78 is 0. The van der Waals surface area contributed by atoms with Crippen LogP contribution in [0, 0.1) is 5.41 Å². The van der Waals surface area contributed by atoms with E-state index in [2.05, 4.69) is 28.1 Å². The summed E-state index contributed by atoms with van der Waals surface area (Å²) in [6.45, 7) is 3.41. The molecule has 0 radical (unpaired) electrons. The number of carbonyl (C=O) groups is 1. The number of rotatable bonds is 1. The fourth-order valence-electron chi connectivity index (χ4n) is 4.01. The Morgan fingerprint density at radius 2 is 1.87 bits per heavy atom. The molecule has 5 nitrogen and oxygen atoms in total. The molecule has 1 spiro atoms. The van der Waals surface area contributed by atoms with Crippen molar-refractivity contribution in [3.63, 3.8) is 0 Å². The number of aromatic nitrogens is 1. The lowest BCUT2D eigenvalue weighted by Crippen LogP contribution is -2.42. The minimum Gasteiger partial charge on any atom is -0.465 e. The van der Waals surface area contributed by atoms with E-state index in [1.54, 1.807) is 4.90 Å². The standard InChI is InChI=1S/C18H21N3O2/c22-17(23)21-10-6-18(13-21)4-8-20(9-5-18)16-2-1-15-12-19-7-3-14(15)11-16/h1-3,7,11-12H,4-6,8-10,13H2,(H,22,23). The van der Waals surface area contributed by atoms with Crippen LogP contribution in [0.25, 0.3) is 10.8 Å². The average molecular weight is 311 g/mol.